The third kappa shape index (κ3) is 2.78. The third-order valence-electron chi connectivity index (χ3n) is 2.16. The van der Waals surface area contributed by atoms with Crippen molar-refractivity contribution in [1.29, 1.82) is 0 Å². The lowest BCUT2D eigenvalue weighted by Crippen LogP contribution is -2.50. The quantitative estimate of drug-likeness (QED) is 0.654. The summed E-state index contributed by atoms with van der Waals surface area (Å²) < 4.78 is 15.4. The van der Waals surface area contributed by atoms with Crippen LogP contribution in [0, 0.1) is 0 Å². The highest BCUT2D eigenvalue weighted by Gasteiger charge is 2.51. The lowest BCUT2D eigenvalue weighted by atomic mass is 10.2. The van der Waals surface area contributed by atoms with Crippen LogP contribution in [0.1, 0.15) is 19.8 Å². The first-order valence-corrected chi connectivity index (χ1v) is 6.26. The number of aliphatic carboxylic acids is 1. The zero-order valence-electron chi connectivity index (χ0n) is 9.07. The van der Waals surface area contributed by atoms with Gasteiger partial charge in [-0.15, -0.1) is 0 Å². The Kier molecular flexibility index (Phi) is 5.94. The van der Waals surface area contributed by atoms with E-state index < -0.39 is 20.3 Å². The van der Waals surface area contributed by atoms with E-state index in [0.29, 0.717) is 6.42 Å². The average Bonchev–Trinajstić information content (AvgIpc) is 2.19. The Hall–Kier alpha value is -0.433. The van der Waals surface area contributed by atoms with E-state index in [0.717, 1.165) is 6.42 Å². The molecule has 0 aromatic heterocycles. The van der Waals surface area contributed by atoms with E-state index in [2.05, 4.69) is 0 Å². The Bertz CT molecular complexity index is 172. The fraction of sp³-hybridized carbons (Fsp3) is 0.875. The van der Waals surface area contributed by atoms with Crippen LogP contribution < -0.4 is 0 Å². The van der Waals surface area contributed by atoms with Gasteiger partial charge in [0.1, 0.15) is 5.54 Å². The van der Waals surface area contributed by atoms with Crippen molar-refractivity contribution in [3.8, 4) is 0 Å². The molecule has 0 bridgehead atoms. The molecule has 0 fully saturated rings. The Morgan fingerprint density at radius 2 is 1.71 bits per heavy atom. The second-order valence-corrected chi connectivity index (χ2v) is 6.02. The maximum Gasteiger partial charge on any atom is 0.514 e. The van der Waals surface area contributed by atoms with E-state index in [1.54, 1.807) is 0 Å². The lowest BCUT2D eigenvalue weighted by Gasteiger charge is -2.29. The molecule has 0 aliphatic rings. The van der Waals surface area contributed by atoms with Gasteiger partial charge in [0.15, 0.2) is 0 Å². The van der Waals surface area contributed by atoms with E-state index >= 15 is 0 Å². The summed E-state index contributed by atoms with van der Waals surface area (Å²) in [5.74, 6) is -0.927. The Balaban J connectivity index is 4.79. The monoisotopic (exact) mass is 222 g/mol. The summed E-state index contributed by atoms with van der Waals surface area (Å²) in [6, 6.07) is 0. The summed E-state index contributed by atoms with van der Waals surface area (Å²) in [5.41, 5.74) is -0.688. The summed E-state index contributed by atoms with van der Waals surface area (Å²) >= 11 is 0. The van der Waals surface area contributed by atoms with E-state index in [-0.39, 0.29) is 0 Å². The predicted octanol–water partition coefficient (Wildman–Crippen LogP) is 1.12. The molecule has 0 radical (unpaired) electrons. The van der Waals surface area contributed by atoms with Crippen LogP contribution in [0.25, 0.3) is 0 Å². The zero-order valence-corrected chi connectivity index (χ0v) is 10.1. The van der Waals surface area contributed by atoms with Gasteiger partial charge in [0, 0.05) is 21.3 Å². The van der Waals surface area contributed by atoms with Gasteiger partial charge in [-0.05, 0) is 6.42 Å². The second kappa shape index (κ2) is 6.13. The van der Waals surface area contributed by atoms with Crippen LogP contribution in [0.5, 0.6) is 0 Å². The van der Waals surface area contributed by atoms with Crippen LogP contribution >= 0.6 is 0 Å². The fourth-order valence-electron chi connectivity index (χ4n) is 1.42. The van der Waals surface area contributed by atoms with Gasteiger partial charge in [-0.2, -0.15) is 0 Å². The molecule has 0 aromatic carbocycles. The zero-order chi connectivity index (χ0) is 11.2. The molecule has 6 heteroatoms. The first kappa shape index (κ1) is 13.6. The minimum atomic E-state index is -3.03. The van der Waals surface area contributed by atoms with Gasteiger partial charge >= 0.3 is 14.8 Å². The van der Waals surface area contributed by atoms with E-state index in [1.807, 2.05) is 6.92 Å². The standard InChI is InChI=1S/C8H18O5Si/c1-5-6-7(8(9)10)14(11-2,12-3)13-4/h7H,5-6H2,1-4H3,(H,9,10). The normalized spacial score (nSPS) is 14.0. The van der Waals surface area contributed by atoms with Crippen molar-refractivity contribution in [2.24, 2.45) is 0 Å². The van der Waals surface area contributed by atoms with Gasteiger partial charge in [0.25, 0.3) is 0 Å². The van der Waals surface area contributed by atoms with Crippen molar-refractivity contribution in [3.05, 3.63) is 0 Å². The first-order chi connectivity index (χ1) is 6.57. The molecule has 0 aliphatic carbocycles. The van der Waals surface area contributed by atoms with Gasteiger partial charge in [0.05, 0.1) is 0 Å². The number of carboxylic acid groups (broad SMARTS) is 1. The van der Waals surface area contributed by atoms with Gasteiger partial charge in [-0.1, -0.05) is 13.3 Å². The summed E-state index contributed by atoms with van der Waals surface area (Å²) in [5, 5.41) is 9.03. The van der Waals surface area contributed by atoms with Crippen LogP contribution in [-0.4, -0.2) is 41.2 Å². The molecule has 0 amide bonds. The van der Waals surface area contributed by atoms with Crippen molar-refractivity contribution < 1.29 is 23.2 Å². The van der Waals surface area contributed by atoms with Gasteiger partial charge < -0.3 is 18.4 Å². The fourth-order valence-corrected chi connectivity index (χ4v) is 3.72. The molecule has 0 heterocycles. The summed E-state index contributed by atoms with van der Waals surface area (Å²) in [6.45, 7) is 1.91. The van der Waals surface area contributed by atoms with Crippen LogP contribution in [0.4, 0.5) is 0 Å². The first-order valence-electron chi connectivity index (χ1n) is 4.46. The smallest absolute Gasteiger partial charge is 0.481 e. The minimum absolute atomic E-state index is 0.497. The molecule has 0 aliphatic heterocycles. The van der Waals surface area contributed by atoms with Crippen molar-refractivity contribution in [2.45, 2.75) is 25.3 Å². The Morgan fingerprint density at radius 3 is 1.93 bits per heavy atom. The van der Waals surface area contributed by atoms with Crippen molar-refractivity contribution in [2.75, 3.05) is 21.3 Å². The molecule has 0 spiro atoms. The highest BCUT2D eigenvalue weighted by molar-refractivity contribution is 6.66. The molecule has 14 heavy (non-hydrogen) atoms. The Labute approximate surface area is 85.3 Å². The number of carbonyl (C=O) groups is 1. The molecule has 0 saturated carbocycles. The summed E-state index contributed by atoms with van der Waals surface area (Å²) in [4.78, 5) is 11.0. The highest BCUT2D eigenvalue weighted by Crippen LogP contribution is 2.28. The lowest BCUT2D eigenvalue weighted by molar-refractivity contribution is -0.138. The highest BCUT2D eigenvalue weighted by atomic mass is 28.4. The minimum Gasteiger partial charge on any atom is -0.481 e. The van der Waals surface area contributed by atoms with E-state index in [9.17, 15) is 4.79 Å². The van der Waals surface area contributed by atoms with Gasteiger partial charge in [-0.3, -0.25) is 4.79 Å². The van der Waals surface area contributed by atoms with Crippen molar-refractivity contribution >= 4 is 14.8 Å². The third-order valence-corrected chi connectivity index (χ3v) is 5.25. The van der Waals surface area contributed by atoms with Gasteiger partial charge in [0.2, 0.25) is 0 Å². The molecule has 5 nitrogen and oxygen atoms in total. The maximum atomic E-state index is 11.0. The largest absolute Gasteiger partial charge is 0.514 e. The van der Waals surface area contributed by atoms with Gasteiger partial charge in [-0.25, -0.2) is 0 Å². The SMILES string of the molecule is CCCC(C(=O)O)[Si](OC)(OC)OC. The molecule has 1 atom stereocenters. The molecule has 0 aromatic rings. The number of rotatable bonds is 7. The van der Waals surface area contributed by atoms with Crippen LogP contribution in [0.2, 0.25) is 5.54 Å². The van der Waals surface area contributed by atoms with Crippen LogP contribution in [0.15, 0.2) is 0 Å². The van der Waals surface area contributed by atoms with E-state index in [4.69, 9.17) is 18.4 Å². The second-order valence-electron chi connectivity index (χ2n) is 2.90. The summed E-state index contributed by atoms with van der Waals surface area (Å²) in [6.07, 6.45) is 1.25. The molecule has 84 valence electrons. The predicted molar refractivity (Wildman–Crippen MR) is 53.1 cm³/mol. The molecule has 1 N–H and O–H groups in total. The number of hydrogen-bond donors (Lipinski definition) is 1. The number of carboxylic acids is 1. The maximum absolute atomic E-state index is 11.0. The molecular formula is C8H18O5Si. The molecular weight excluding hydrogens is 204 g/mol. The topological polar surface area (TPSA) is 65.0 Å². The van der Waals surface area contributed by atoms with E-state index in [1.165, 1.54) is 21.3 Å². The number of hydrogen-bond acceptors (Lipinski definition) is 4. The van der Waals surface area contributed by atoms with Crippen molar-refractivity contribution in [1.82, 2.24) is 0 Å². The molecule has 1 unspecified atom stereocenters. The van der Waals surface area contributed by atoms with Crippen LogP contribution in [0.3, 0.4) is 0 Å². The van der Waals surface area contributed by atoms with Crippen LogP contribution in [-0.2, 0) is 18.1 Å². The average molecular weight is 222 g/mol. The Morgan fingerprint density at radius 1 is 1.29 bits per heavy atom. The molecule has 0 rings (SSSR count). The summed E-state index contributed by atoms with van der Waals surface area (Å²) in [7, 11) is 1.23. The molecule has 0 saturated heterocycles. The van der Waals surface area contributed by atoms with Crippen molar-refractivity contribution in [3.63, 3.8) is 0 Å².